The van der Waals surface area contributed by atoms with Crippen molar-refractivity contribution in [2.24, 2.45) is 0 Å². The Bertz CT molecular complexity index is 1220. The molecule has 0 amide bonds. The maximum Gasteiger partial charge on any atom is 0.227 e. The number of hydrogen-bond acceptors (Lipinski definition) is 5. The molecule has 0 aliphatic rings. The van der Waals surface area contributed by atoms with Crippen molar-refractivity contribution in [1.29, 1.82) is 0 Å². The lowest BCUT2D eigenvalue weighted by atomic mass is 10.1. The molecule has 182 valence electrons. The van der Waals surface area contributed by atoms with E-state index in [2.05, 4.69) is 11.5 Å². The van der Waals surface area contributed by atoms with Crippen LogP contribution < -0.4 is 4.74 Å². The van der Waals surface area contributed by atoms with Crippen LogP contribution in [0.1, 0.15) is 35.4 Å². The molecule has 6 nitrogen and oxygen atoms in total. The van der Waals surface area contributed by atoms with Gasteiger partial charge < -0.3 is 14.3 Å². The zero-order chi connectivity index (χ0) is 24.6. The molecule has 0 aliphatic heterocycles. The number of para-hydroxylation sites is 1. The molecule has 2 aromatic carbocycles. The van der Waals surface area contributed by atoms with E-state index < -0.39 is 6.10 Å². The molecule has 2 heterocycles. The van der Waals surface area contributed by atoms with Gasteiger partial charge in [0.15, 0.2) is 0 Å². The number of aliphatic hydroxyl groups excluding tert-OH is 1. The van der Waals surface area contributed by atoms with E-state index in [-0.39, 0.29) is 0 Å². The normalized spacial score (nSPS) is 12.1. The molecule has 0 bridgehead atoms. The minimum Gasteiger partial charge on any atom is -0.468 e. The Hall–Kier alpha value is -3.61. The van der Waals surface area contributed by atoms with Crippen molar-refractivity contribution in [2.75, 3.05) is 6.54 Å². The van der Waals surface area contributed by atoms with E-state index in [0.717, 1.165) is 40.4 Å². The fourth-order valence-electron chi connectivity index (χ4n) is 4.09. The minimum absolute atomic E-state index is 0.478. The first-order valence-corrected chi connectivity index (χ1v) is 12.0. The zero-order valence-electron chi connectivity index (χ0n) is 20.4. The number of aromatic nitrogens is 2. The molecule has 0 spiro atoms. The SMILES string of the molecule is C=CCC[C@H](O)CN(Cc1ccco1)Cc1c(C)nn(-c2ccccc2)c1Oc1cccc(C)c1. The number of ether oxygens (including phenoxy) is 1. The maximum atomic E-state index is 10.7. The quantitative estimate of drug-likeness (QED) is 0.249. The van der Waals surface area contributed by atoms with Gasteiger partial charge >= 0.3 is 0 Å². The third-order valence-corrected chi connectivity index (χ3v) is 5.86. The summed E-state index contributed by atoms with van der Waals surface area (Å²) in [5.74, 6) is 2.27. The van der Waals surface area contributed by atoms with E-state index in [1.54, 1.807) is 6.26 Å². The zero-order valence-corrected chi connectivity index (χ0v) is 20.4. The van der Waals surface area contributed by atoms with Gasteiger partial charge in [-0.1, -0.05) is 36.4 Å². The molecule has 1 N–H and O–H groups in total. The van der Waals surface area contributed by atoms with Gasteiger partial charge in [-0.25, -0.2) is 4.68 Å². The second-order valence-electron chi connectivity index (χ2n) is 8.80. The number of aliphatic hydroxyl groups is 1. The van der Waals surface area contributed by atoms with Crippen molar-refractivity contribution in [3.8, 4) is 17.3 Å². The minimum atomic E-state index is -0.478. The topological polar surface area (TPSA) is 63.7 Å². The van der Waals surface area contributed by atoms with Gasteiger partial charge in [0.05, 0.1) is 35.9 Å². The van der Waals surface area contributed by atoms with Gasteiger partial charge in [-0.2, -0.15) is 5.10 Å². The lowest BCUT2D eigenvalue weighted by Gasteiger charge is -2.24. The summed E-state index contributed by atoms with van der Waals surface area (Å²) in [7, 11) is 0. The summed E-state index contributed by atoms with van der Waals surface area (Å²) in [6.07, 6.45) is 4.46. The predicted molar refractivity (Wildman–Crippen MR) is 138 cm³/mol. The summed E-state index contributed by atoms with van der Waals surface area (Å²) in [5, 5.41) is 15.5. The average molecular weight is 472 g/mol. The Kier molecular flexibility index (Phi) is 8.19. The molecule has 2 aromatic heterocycles. The van der Waals surface area contributed by atoms with Crippen molar-refractivity contribution in [1.82, 2.24) is 14.7 Å². The number of aryl methyl sites for hydroxylation is 2. The molecule has 1 atom stereocenters. The molecule has 6 heteroatoms. The van der Waals surface area contributed by atoms with Crippen LogP contribution in [-0.2, 0) is 13.1 Å². The predicted octanol–water partition coefficient (Wildman–Crippen LogP) is 6.20. The Balaban J connectivity index is 1.69. The standard InChI is InChI=1S/C29H33N3O3/c1-4-5-14-25(33)19-31(20-27-16-10-17-34-27)21-28-23(3)30-32(24-12-7-6-8-13-24)29(28)35-26-15-9-11-22(2)18-26/h4,6-13,15-18,25,33H,1,5,14,19-21H2,2-3H3/t25-/m0/s1. The van der Waals surface area contributed by atoms with Gasteiger partial charge in [0.2, 0.25) is 5.88 Å². The van der Waals surface area contributed by atoms with E-state index in [9.17, 15) is 5.11 Å². The van der Waals surface area contributed by atoms with Crippen LogP contribution in [0.25, 0.3) is 5.69 Å². The Morgan fingerprint density at radius 2 is 1.91 bits per heavy atom. The lowest BCUT2D eigenvalue weighted by molar-refractivity contribution is 0.0939. The molecular weight excluding hydrogens is 438 g/mol. The Morgan fingerprint density at radius 3 is 2.63 bits per heavy atom. The molecule has 0 aliphatic carbocycles. The van der Waals surface area contributed by atoms with Crippen LogP contribution in [0.15, 0.2) is 90.1 Å². The van der Waals surface area contributed by atoms with Gasteiger partial charge in [-0.3, -0.25) is 4.90 Å². The van der Waals surface area contributed by atoms with Gasteiger partial charge in [0, 0.05) is 13.1 Å². The fraction of sp³-hybridized carbons (Fsp3) is 0.276. The van der Waals surface area contributed by atoms with Gasteiger partial charge in [0.1, 0.15) is 11.5 Å². The Labute approximate surface area is 207 Å². The number of allylic oxidation sites excluding steroid dienone is 1. The van der Waals surface area contributed by atoms with E-state index in [4.69, 9.17) is 14.3 Å². The lowest BCUT2D eigenvalue weighted by Crippen LogP contribution is -2.32. The summed E-state index contributed by atoms with van der Waals surface area (Å²) in [4.78, 5) is 2.18. The van der Waals surface area contributed by atoms with E-state index in [1.807, 2.05) is 91.3 Å². The molecular formula is C29H33N3O3. The largest absolute Gasteiger partial charge is 0.468 e. The van der Waals surface area contributed by atoms with Crippen molar-refractivity contribution >= 4 is 0 Å². The molecule has 35 heavy (non-hydrogen) atoms. The molecule has 0 saturated carbocycles. The molecule has 0 radical (unpaired) electrons. The highest BCUT2D eigenvalue weighted by Gasteiger charge is 2.23. The summed E-state index contributed by atoms with van der Waals surface area (Å²) in [5.41, 5.74) is 3.89. The van der Waals surface area contributed by atoms with E-state index in [1.165, 1.54) is 0 Å². The number of rotatable bonds is 12. The highest BCUT2D eigenvalue weighted by molar-refractivity contribution is 5.43. The Morgan fingerprint density at radius 1 is 1.09 bits per heavy atom. The van der Waals surface area contributed by atoms with E-state index >= 15 is 0 Å². The fourth-order valence-corrected chi connectivity index (χ4v) is 4.09. The van der Waals surface area contributed by atoms with Crippen molar-refractivity contribution in [2.45, 2.75) is 45.9 Å². The van der Waals surface area contributed by atoms with Gasteiger partial charge in [-0.15, -0.1) is 6.58 Å². The van der Waals surface area contributed by atoms with Crippen molar-refractivity contribution < 1.29 is 14.3 Å². The maximum absolute atomic E-state index is 10.7. The van der Waals surface area contributed by atoms with Crippen LogP contribution in [0, 0.1) is 13.8 Å². The van der Waals surface area contributed by atoms with Crippen LogP contribution in [0.2, 0.25) is 0 Å². The molecule has 4 rings (SSSR count). The molecule has 4 aromatic rings. The summed E-state index contributed by atoms with van der Waals surface area (Å²) < 4.78 is 13.9. The summed E-state index contributed by atoms with van der Waals surface area (Å²) >= 11 is 0. The first-order chi connectivity index (χ1) is 17.0. The van der Waals surface area contributed by atoms with Crippen molar-refractivity contribution in [3.63, 3.8) is 0 Å². The van der Waals surface area contributed by atoms with Gasteiger partial charge in [0.25, 0.3) is 0 Å². The van der Waals surface area contributed by atoms with Crippen LogP contribution in [-0.4, -0.2) is 32.4 Å². The second-order valence-corrected chi connectivity index (χ2v) is 8.80. The average Bonchev–Trinajstić information content (AvgIpc) is 3.47. The van der Waals surface area contributed by atoms with E-state index in [0.29, 0.717) is 31.9 Å². The molecule has 0 saturated heterocycles. The third-order valence-electron chi connectivity index (χ3n) is 5.86. The van der Waals surface area contributed by atoms with Crippen LogP contribution in [0.3, 0.4) is 0 Å². The van der Waals surface area contributed by atoms with Gasteiger partial charge in [-0.05, 0) is 68.7 Å². The molecule has 0 unspecified atom stereocenters. The number of hydrogen-bond donors (Lipinski definition) is 1. The third kappa shape index (κ3) is 6.50. The highest BCUT2D eigenvalue weighted by atomic mass is 16.5. The highest BCUT2D eigenvalue weighted by Crippen LogP contribution is 2.32. The second kappa shape index (κ2) is 11.7. The first-order valence-electron chi connectivity index (χ1n) is 12.0. The van der Waals surface area contributed by atoms with Crippen molar-refractivity contribution in [3.05, 3.63) is 108 Å². The molecule has 0 fully saturated rings. The first kappa shape index (κ1) is 24.5. The van der Waals surface area contributed by atoms with Crippen LogP contribution in [0.5, 0.6) is 11.6 Å². The smallest absolute Gasteiger partial charge is 0.227 e. The number of nitrogens with zero attached hydrogens (tertiary/aromatic N) is 3. The summed E-state index contributed by atoms with van der Waals surface area (Å²) in [6, 6.07) is 21.8. The number of furan rings is 1. The van der Waals surface area contributed by atoms with Crippen LogP contribution in [0.4, 0.5) is 0 Å². The van der Waals surface area contributed by atoms with Crippen LogP contribution >= 0.6 is 0 Å². The monoisotopic (exact) mass is 471 g/mol. The number of benzene rings is 2. The summed E-state index contributed by atoms with van der Waals surface area (Å²) in [6.45, 7) is 9.43.